The second-order valence-corrected chi connectivity index (χ2v) is 5.58. The molecule has 3 rings (SSSR count). The Morgan fingerprint density at radius 3 is 2.23 bits per heavy atom. The van der Waals surface area contributed by atoms with E-state index in [9.17, 15) is 9.59 Å². The van der Waals surface area contributed by atoms with E-state index in [0.717, 1.165) is 16.9 Å². The Labute approximate surface area is 136 Å². The van der Waals surface area contributed by atoms with E-state index in [0.29, 0.717) is 16.5 Å². The summed E-state index contributed by atoms with van der Waals surface area (Å²) in [6.45, 7) is 0.241. The Balaban J connectivity index is 1.89. The first-order valence-corrected chi connectivity index (χ1v) is 7.95. The molecule has 0 N–H and O–H groups in total. The molecular formula is C17H14BrNO3. The summed E-state index contributed by atoms with van der Waals surface area (Å²) < 4.78 is 5.34. The average Bonchev–Trinajstić information content (AvgIpc) is 2.80. The molecule has 0 fully saturated rings. The largest absolute Gasteiger partial charge is 0.496 e. The van der Waals surface area contributed by atoms with Crippen LogP contribution < -0.4 is 4.74 Å². The van der Waals surface area contributed by atoms with E-state index in [-0.39, 0.29) is 18.4 Å². The topological polar surface area (TPSA) is 46.6 Å². The van der Waals surface area contributed by atoms with Gasteiger partial charge >= 0.3 is 0 Å². The van der Waals surface area contributed by atoms with E-state index in [1.807, 2.05) is 18.2 Å². The van der Waals surface area contributed by atoms with Crippen molar-refractivity contribution in [1.29, 1.82) is 0 Å². The Morgan fingerprint density at radius 2 is 1.68 bits per heavy atom. The Kier molecular flexibility index (Phi) is 3.98. The lowest BCUT2D eigenvalue weighted by molar-refractivity contribution is 0.0642. The molecule has 0 aliphatic carbocycles. The van der Waals surface area contributed by atoms with Crippen molar-refractivity contribution < 1.29 is 14.3 Å². The molecule has 1 heterocycles. The molecule has 0 saturated heterocycles. The number of halogens is 1. The van der Waals surface area contributed by atoms with Gasteiger partial charge in [0.05, 0.1) is 24.8 Å². The third kappa shape index (κ3) is 2.41. The monoisotopic (exact) mass is 359 g/mol. The molecule has 1 aliphatic heterocycles. The summed E-state index contributed by atoms with van der Waals surface area (Å²) in [5.74, 6) is 0.249. The zero-order valence-corrected chi connectivity index (χ0v) is 13.6. The highest BCUT2D eigenvalue weighted by Gasteiger charge is 2.34. The third-order valence-electron chi connectivity index (χ3n) is 3.71. The van der Waals surface area contributed by atoms with Gasteiger partial charge in [-0.25, -0.2) is 0 Å². The molecule has 1 aliphatic rings. The van der Waals surface area contributed by atoms with Gasteiger partial charge < -0.3 is 4.74 Å². The summed E-state index contributed by atoms with van der Waals surface area (Å²) in [6, 6.07) is 12.6. The maximum absolute atomic E-state index is 12.4. The van der Waals surface area contributed by atoms with E-state index < -0.39 is 0 Å². The van der Waals surface area contributed by atoms with Gasteiger partial charge in [-0.1, -0.05) is 40.2 Å². The van der Waals surface area contributed by atoms with Crippen LogP contribution >= 0.6 is 15.9 Å². The summed E-state index contributed by atoms with van der Waals surface area (Å²) >= 11 is 3.40. The minimum Gasteiger partial charge on any atom is -0.496 e. The maximum atomic E-state index is 12.4. The van der Waals surface area contributed by atoms with Crippen molar-refractivity contribution in [3.8, 4) is 5.75 Å². The molecule has 0 aromatic heterocycles. The molecule has 0 atom stereocenters. The number of amides is 2. The first-order valence-electron chi connectivity index (χ1n) is 6.82. The fourth-order valence-electron chi connectivity index (χ4n) is 2.56. The Bertz CT molecular complexity index is 722. The molecule has 0 bridgehead atoms. The summed E-state index contributed by atoms with van der Waals surface area (Å²) in [6.07, 6.45) is 0. The van der Waals surface area contributed by atoms with Crippen molar-refractivity contribution in [3.63, 3.8) is 0 Å². The SMILES string of the molecule is COc1cc(CN2C(=O)c3ccccc3C2=O)ccc1CBr. The lowest BCUT2D eigenvalue weighted by Crippen LogP contribution is -2.29. The third-order valence-corrected chi connectivity index (χ3v) is 4.32. The van der Waals surface area contributed by atoms with Crippen LogP contribution in [0, 0.1) is 0 Å². The molecule has 5 heteroatoms. The summed E-state index contributed by atoms with van der Waals surface area (Å²) in [5, 5.41) is 0.684. The van der Waals surface area contributed by atoms with Crippen LogP contribution in [0.1, 0.15) is 31.8 Å². The van der Waals surface area contributed by atoms with Crippen LogP contribution in [0.5, 0.6) is 5.75 Å². The summed E-state index contributed by atoms with van der Waals surface area (Å²) in [5.41, 5.74) is 2.82. The molecule has 0 saturated carbocycles. The highest BCUT2D eigenvalue weighted by atomic mass is 79.9. The average molecular weight is 360 g/mol. The van der Waals surface area contributed by atoms with Gasteiger partial charge in [0.15, 0.2) is 0 Å². The maximum Gasteiger partial charge on any atom is 0.261 e. The number of fused-ring (bicyclic) bond motifs is 1. The number of ether oxygens (including phenoxy) is 1. The lowest BCUT2D eigenvalue weighted by atomic mass is 10.1. The number of carbonyl (C=O) groups excluding carboxylic acids is 2. The van der Waals surface area contributed by atoms with Crippen molar-refractivity contribution in [2.24, 2.45) is 0 Å². The number of benzene rings is 2. The van der Waals surface area contributed by atoms with Gasteiger partial charge in [-0.05, 0) is 23.8 Å². The number of hydrogen-bond donors (Lipinski definition) is 0. The smallest absolute Gasteiger partial charge is 0.261 e. The normalized spacial score (nSPS) is 13.5. The Morgan fingerprint density at radius 1 is 1.05 bits per heavy atom. The van der Waals surface area contributed by atoms with Gasteiger partial charge in [0.25, 0.3) is 11.8 Å². The van der Waals surface area contributed by atoms with Gasteiger partial charge in [0, 0.05) is 10.9 Å². The first kappa shape index (κ1) is 14.8. The minimum absolute atomic E-state index is 0.241. The molecule has 2 aromatic carbocycles. The first-order chi connectivity index (χ1) is 10.7. The van der Waals surface area contributed by atoms with Gasteiger partial charge in [0.1, 0.15) is 5.75 Å². The van der Waals surface area contributed by atoms with Gasteiger partial charge in [-0.15, -0.1) is 0 Å². The number of imide groups is 1. The number of hydrogen-bond acceptors (Lipinski definition) is 3. The minimum atomic E-state index is -0.246. The van der Waals surface area contributed by atoms with Gasteiger partial charge in [-0.3, -0.25) is 14.5 Å². The molecule has 4 nitrogen and oxygen atoms in total. The number of methoxy groups -OCH3 is 1. The van der Waals surface area contributed by atoms with Crippen LogP contribution in [0.15, 0.2) is 42.5 Å². The zero-order valence-electron chi connectivity index (χ0n) is 12.0. The van der Waals surface area contributed by atoms with Crippen LogP contribution in [0.3, 0.4) is 0 Å². The highest BCUT2D eigenvalue weighted by Crippen LogP contribution is 2.27. The quantitative estimate of drug-likeness (QED) is 0.620. The van der Waals surface area contributed by atoms with Crippen molar-refractivity contribution in [2.75, 3.05) is 7.11 Å². The van der Waals surface area contributed by atoms with Crippen molar-refractivity contribution in [1.82, 2.24) is 4.90 Å². The van der Waals surface area contributed by atoms with Crippen molar-refractivity contribution >= 4 is 27.7 Å². The molecule has 0 unspecified atom stereocenters. The highest BCUT2D eigenvalue weighted by molar-refractivity contribution is 9.08. The van der Waals surface area contributed by atoms with Crippen LogP contribution in [-0.4, -0.2) is 23.8 Å². The van der Waals surface area contributed by atoms with Crippen LogP contribution in [0.2, 0.25) is 0 Å². The van der Waals surface area contributed by atoms with Gasteiger partial charge in [0.2, 0.25) is 0 Å². The summed E-state index contributed by atoms with van der Waals surface area (Å²) in [4.78, 5) is 26.0. The molecule has 2 aromatic rings. The second kappa shape index (κ2) is 5.93. The fourth-order valence-corrected chi connectivity index (χ4v) is 3.03. The van der Waals surface area contributed by atoms with E-state index in [4.69, 9.17) is 4.74 Å². The number of alkyl halides is 1. The van der Waals surface area contributed by atoms with Crippen molar-refractivity contribution in [3.05, 3.63) is 64.7 Å². The molecule has 0 spiro atoms. The molecule has 112 valence electrons. The molecular weight excluding hydrogens is 346 g/mol. The fraction of sp³-hybridized carbons (Fsp3) is 0.176. The standard InChI is InChI=1S/C17H14BrNO3/c1-22-15-8-11(6-7-12(15)9-18)10-19-16(20)13-4-2-3-5-14(13)17(19)21/h2-8H,9-10H2,1H3. The predicted molar refractivity (Wildman–Crippen MR) is 86.3 cm³/mol. The summed E-state index contributed by atoms with van der Waals surface area (Å²) in [7, 11) is 1.60. The van der Waals surface area contributed by atoms with Crippen LogP contribution in [0.4, 0.5) is 0 Å². The number of nitrogens with zero attached hydrogens (tertiary/aromatic N) is 1. The molecule has 0 radical (unpaired) electrons. The van der Waals surface area contributed by atoms with E-state index in [1.165, 1.54) is 4.90 Å². The molecule has 22 heavy (non-hydrogen) atoms. The zero-order chi connectivity index (χ0) is 15.7. The Hall–Kier alpha value is -2.14. The van der Waals surface area contributed by atoms with Crippen LogP contribution in [0.25, 0.3) is 0 Å². The van der Waals surface area contributed by atoms with Crippen LogP contribution in [-0.2, 0) is 11.9 Å². The second-order valence-electron chi connectivity index (χ2n) is 5.02. The number of carbonyl (C=O) groups is 2. The van der Waals surface area contributed by atoms with E-state index in [1.54, 1.807) is 31.4 Å². The van der Waals surface area contributed by atoms with Crippen molar-refractivity contribution in [2.45, 2.75) is 11.9 Å². The van der Waals surface area contributed by atoms with E-state index >= 15 is 0 Å². The number of rotatable bonds is 4. The predicted octanol–water partition coefficient (Wildman–Crippen LogP) is 3.39. The van der Waals surface area contributed by atoms with Gasteiger partial charge in [-0.2, -0.15) is 0 Å². The lowest BCUT2D eigenvalue weighted by Gasteiger charge is -2.15. The molecule has 2 amide bonds. The van der Waals surface area contributed by atoms with E-state index in [2.05, 4.69) is 15.9 Å².